The van der Waals surface area contributed by atoms with Gasteiger partial charge >= 0.3 is 6.18 Å². The van der Waals surface area contributed by atoms with Crippen molar-refractivity contribution >= 4 is 28.3 Å². The summed E-state index contributed by atoms with van der Waals surface area (Å²) in [5.41, 5.74) is 4.08. The van der Waals surface area contributed by atoms with Crippen molar-refractivity contribution in [2.75, 3.05) is 25.0 Å². The van der Waals surface area contributed by atoms with Crippen LogP contribution in [0.5, 0.6) is 0 Å². The normalized spacial score (nSPS) is 18.1. The van der Waals surface area contributed by atoms with Crippen molar-refractivity contribution in [3.63, 3.8) is 0 Å². The van der Waals surface area contributed by atoms with Gasteiger partial charge in [-0.25, -0.2) is 4.98 Å². The standard InChI is InChI=1S/C31H38ClF3N4/c1-5-8-24(6-2)39-21(4)37-28-18-22(17-26(29(28)39)31(33,34)35)9-7-14-38-15-12-30(13-16-38)20(3)36-27-11-10-23(32)19-25(27)30/h10-11,17-19,24,36H,3,5-9,12-16H2,1-2,4H3. The highest BCUT2D eigenvalue weighted by Crippen LogP contribution is 2.50. The number of allylic oxidation sites excluding steroid dienone is 1. The van der Waals surface area contributed by atoms with Gasteiger partial charge in [0.05, 0.1) is 16.6 Å². The van der Waals surface area contributed by atoms with E-state index in [1.54, 1.807) is 0 Å². The molecule has 1 spiro atoms. The minimum absolute atomic E-state index is 0.0171. The van der Waals surface area contributed by atoms with Gasteiger partial charge in [-0.05, 0) is 107 Å². The lowest BCUT2D eigenvalue weighted by molar-refractivity contribution is -0.136. The van der Waals surface area contributed by atoms with E-state index in [4.69, 9.17) is 11.6 Å². The topological polar surface area (TPSA) is 33.1 Å². The summed E-state index contributed by atoms with van der Waals surface area (Å²) < 4.78 is 44.7. The van der Waals surface area contributed by atoms with E-state index in [9.17, 15) is 13.2 Å². The zero-order chi connectivity index (χ0) is 27.9. The van der Waals surface area contributed by atoms with E-state index >= 15 is 0 Å². The summed E-state index contributed by atoms with van der Waals surface area (Å²) in [6.45, 7) is 12.9. The minimum atomic E-state index is -4.43. The number of hydrogen-bond donors (Lipinski definition) is 1. The second kappa shape index (κ2) is 10.8. The molecule has 8 heteroatoms. The number of piperidine rings is 1. The first kappa shape index (κ1) is 28.0. The molecule has 4 nitrogen and oxygen atoms in total. The van der Waals surface area contributed by atoms with Gasteiger partial charge in [0.25, 0.3) is 0 Å². The van der Waals surface area contributed by atoms with Gasteiger partial charge < -0.3 is 14.8 Å². The largest absolute Gasteiger partial charge is 0.418 e. The molecule has 0 saturated carbocycles. The molecule has 210 valence electrons. The number of aryl methyl sites for hydroxylation is 2. The average molecular weight is 559 g/mol. The van der Waals surface area contributed by atoms with Crippen molar-refractivity contribution in [1.29, 1.82) is 0 Å². The number of hydrogen-bond acceptors (Lipinski definition) is 3. The predicted octanol–water partition coefficient (Wildman–Crippen LogP) is 8.67. The van der Waals surface area contributed by atoms with E-state index in [2.05, 4.69) is 34.8 Å². The highest BCUT2D eigenvalue weighted by atomic mass is 35.5. The van der Waals surface area contributed by atoms with Crippen molar-refractivity contribution < 1.29 is 13.2 Å². The number of halogens is 4. The second-order valence-corrected chi connectivity index (χ2v) is 11.6. The molecule has 3 heterocycles. The van der Waals surface area contributed by atoms with Crippen molar-refractivity contribution in [2.45, 2.75) is 83.4 Å². The molecule has 1 aromatic heterocycles. The first-order valence-corrected chi connectivity index (χ1v) is 14.5. The number of nitrogens with one attached hydrogen (secondary N) is 1. The van der Waals surface area contributed by atoms with Gasteiger partial charge in [0, 0.05) is 27.9 Å². The van der Waals surface area contributed by atoms with Crippen LogP contribution in [0.25, 0.3) is 11.0 Å². The Morgan fingerprint density at radius 1 is 1.15 bits per heavy atom. The number of benzene rings is 2. The summed E-state index contributed by atoms with van der Waals surface area (Å²) in [6.07, 6.45) is 1.38. The van der Waals surface area contributed by atoms with E-state index in [1.165, 1.54) is 11.6 Å². The van der Waals surface area contributed by atoms with Crippen LogP contribution in [0.15, 0.2) is 42.6 Å². The SMILES string of the molecule is C=C1Nc2ccc(Cl)cc2C12CCN(CCCc1cc(C(F)(F)F)c3c(c1)nc(C)n3C(CC)CCC)CC2. The summed E-state index contributed by atoms with van der Waals surface area (Å²) >= 11 is 6.31. The average Bonchev–Trinajstić information content (AvgIpc) is 3.35. The molecule has 39 heavy (non-hydrogen) atoms. The van der Waals surface area contributed by atoms with Crippen molar-refractivity contribution in [1.82, 2.24) is 14.5 Å². The Labute approximate surface area is 234 Å². The quantitative estimate of drug-likeness (QED) is 0.300. The third-order valence-electron chi connectivity index (χ3n) is 8.79. The lowest BCUT2D eigenvalue weighted by atomic mass is 9.72. The number of likely N-dealkylation sites (tertiary alicyclic amines) is 1. The van der Waals surface area contributed by atoms with Crippen LogP contribution >= 0.6 is 11.6 Å². The third kappa shape index (κ3) is 5.20. The van der Waals surface area contributed by atoms with Crippen molar-refractivity contribution in [3.05, 3.63) is 70.1 Å². The number of fused-ring (bicyclic) bond motifs is 3. The van der Waals surface area contributed by atoms with Crippen LogP contribution in [0, 0.1) is 6.92 Å². The fourth-order valence-electron chi connectivity index (χ4n) is 6.76. The zero-order valence-electron chi connectivity index (χ0n) is 23.1. The monoisotopic (exact) mass is 558 g/mol. The summed E-state index contributed by atoms with van der Waals surface area (Å²) in [7, 11) is 0. The molecule has 1 saturated heterocycles. The van der Waals surface area contributed by atoms with E-state index in [1.807, 2.05) is 36.6 Å². The van der Waals surface area contributed by atoms with Crippen LogP contribution < -0.4 is 5.32 Å². The van der Waals surface area contributed by atoms with E-state index < -0.39 is 11.7 Å². The molecule has 2 aliphatic rings. The molecular weight excluding hydrogens is 521 g/mol. The highest BCUT2D eigenvalue weighted by Gasteiger charge is 2.44. The molecule has 1 atom stereocenters. The predicted molar refractivity (Wildman–Crippen MR) is 154 cm³/mol. The highest BCUT2D eigenvalue weighted by molar-refractivity contribution is 6.30. The molecule has 0 bridgehead atoms. The number of nitrogens with zero attached hydrogens (tertiary/aromatic N) is 3. The van der Waals surface area contributed by atoms with Gasteiger partial charge in [0.2, 0.25) is 0 Å². The second-order valence-electron chi connectivity index (χ2n) is 11.2. The van der Waals surface area contributed by atoms with Crippen LogP contribution in [-0.2, 0) is 18.0 Å². The molecule has 2 aliphatic heterocycles. The Hall–Kier alpha value is -2.51. The third-order valence-corrected chi connectivity index (χ3v) is 9.03. The number of rotatable bonds is 8. The van der Waals surface area contributed by atoms with Crippen LogP contribution in [0.2, 0.25) is 5.02 Å². The lowest BCUT2D eigenvalue weighted by Gasteiger charge is -2.40. The molecule has 1 unspecified atom stereocenters. The Kier molecular flexibility index (Phi) is 7.77. The maximum Gasteiger partial charge on any atom is 0.418 e. The molecule has 1 fully saturated rings. The summed E-state index contributed by atoms with van der Waals surface area (Å²) in [5, 5.41) is 4.18. The number of alkyl halides is 3. The maximum absolute atomic E-state index is 14.3. The smallest absolute Gasteiger partial charge is 0.358 e. The Bertz CT molecular complexity index is 1370. The molecule has 1 N–H and O–H groups in total. The Morgan fingerprint density at radius 3 is 2.56 bits per heavy atom. The fourth-order valence-corrected chi connectivity index (χ4v) is 6.94. The van der Waals surface area contributed by atoms with Gasteiger partial charge in [-0.2, -0.15) is 13.2 Å². The molecular formula is C31H38ClF3N4. The Balaban J connectivity index is 1.29. The molecule has 0 amide bonds. The van der Waals surface area contributed by atoms with E-state index in [0.29, 0.717) is 23.3 Å². The molecule has 0 radical (unpaired) electrons. The van der Waals surface area contributed by atoms with Gasteiger partial charge in [0.15, 0.2) is 0 Å². The number of anilines is 1. The maximum atomic E-state index is 14.3. The van der Waals surface area contributed by atoms with Crippen LogP contribution in [0.4, 0.5) is 18.9 Å². The van der Waals surface area contributed by atoms with E-state index in [-0.39, 0.29) is 17.0 Å². The first-order valence-electron chi connectivity index (χ1n) is 14.1. The molecule has 5 rings (SSSR count). The first-order chi connectivity index (χ1) is 18.6. The van der Waals surface area contributed by atoms with Gasteiger partial charge in [-0.1, -0.05) is 38.4 Å². The molecule has 0 aliphatic carbocycles. The van der Waals surface area contributed by atoms with Gasteiger partial charge in [-0.3, -0.25) is 0 Å². The van der Waals surface area contributed by atoms with Crippen LogP contribution in [0.1, 0.15) is 80.9 Å². The molecule has 2 aromatic carbocycles. The van der Waals surface area contributed by atoms with Crippen LogP contribution in [0.3, 0.4) is 0 Å². The fraction of sp³-hybridized carbons (Fsp3) is 0.516. The van der Waals surface area contributed by atoms with Crippen LogP contribution in [-0.4, -0.2) is 34.1 Å². The number of imidazole rings is 1. The molecule has 3 aromatic rings. The summed E-state index contributed by atoms with van der Waals surface area (Å²) in [6, 6.07) is 9.22. The number of aromatic nitrogens is 2. The van der Waals surface area contributed by atoms with Gasteiger partial charge in [0.1, 0.15) is 5.82 Å². The zero-order valence-corrected chi connectivity index (χ0v) is 23.9. The van der Waals surface area contributed by atoms with Gasteiger partial charge in [-0.15, -0.1) is 0 Å². The summed E-state index contributed by atoms with van der Waals surface area (Å²) in [5.74, 6) is 0.654. The Morgan fingerprint density at radius 2 is 1.90 bits per heavy atom. The minimum Gasteiger partial charge on any atom is -0.358 e. The van der Waals surface area contributed by atoms with E-state index in [0.717, 1.165) is 74.6 Å². The van der Waals surface area contributed by atoms with Crippen molar-refractivity contribution in [2.24, 2.45) is 0 Å². The lowest BCUT2D eigenvalue weighted by Crippen LogP contribution is -2.43. The summed E-state index contributed by atoms with van der Waals surface area (Å²) in [4.78, 5) is 7.01. The van der Waals surface area contributed by atoms with Crippen molar-refractivity contribution in [3.8, 4) is 0 Å².